The molecule has 1 fully saturated rings. The minimum Gasteiger partial charge on any atom is -0.492 e. The molecule has 0 unspecified atom stereocenters. The molecular weight excluding hydrogens is 625 g/mol. The molecule has 4 rings (SSSR count). The van der Waals surface area contributed by atoms with Crippen LogP contribution in [0, 0.1) is 10.5 Å². The molecule has 1 heterocycles. The van der Waals surface area contributed by atoms with Gasteiger partial charge in [0, 0.05) is 5.02 Å². The highest BCUT2D eigenvalue weighted by Gasteiger charge is 2.35. The Hall–Kier alpha value is -2.69. The molecule has 0 bridgehead atoms. The summed E-state index contributed by atoms with van der Waals surface area (Å²) in [4.78, 5) is 27.0. The van der Waals surface area contributed by atoms with Gasteiger partial charge in [0.2, 0.25) is 0 Å². The van der Waals surface area contributed by atoms with Gasteiger partial charge in [0.15, 0.2) is 11.5 Å². The number of hydrogen-bond donors (Lipinski definition) is 0. The number of nitrogens with zero attached hydrogens (tertiary/aromatic N) is 1. The van der Waals surface area contributed by atoms with E-state index in [4.69, 9.17) is 25.8 Å². The normalized spacial score (nSPS) is 14.4. The Bertz CT molecular complexity index is 1310. The topological polar surface area (TPSA) is 65.1 Å². The van der Waals surface area contributed by atoms with Crippen molar-refractivity contribution >= 4 is 63.2 Å². The van der Waals surface area contributed by atoms with Crippen molar-refractivity contribution in [2.45, 2.75) is 20.5 Å². The largest absolute Gasteiger partial charge is 0.492 e. The van der Waals surface area contributed by atoms with Gasteiger partial charge < -0.3 is 14.2 Å². The van der Waals surface area contributed by atoms with E-state index in [1.54, 1.807) is 6.08 Å². The average molecular weight is 650 g/mol. The molecule has 3 aromatic rings. The Labute approximate surface area is 239 Å². The molecule has 1 saturated heterocycles. The van der Waals surface area contributed by atoms with Crippen molar-refractivity contribution in [1.82, 2.24) is 4.90 Å². The summed E-state index contributed by atoms with van der Waals surface area (Å²) >= 11 is 9.07. The molecule has 0 atom stereocenters. The lowest BCUT2D eigenvalue weighted by molar-refractivity contribution is -0.123. The van der Waals surface area contributed by atoms with Crippen molar-refractivity contribution in [2.75, 3.05) is 19.8 Å². The van der Waals surface area contributed by atoms with Crippen molar-refractivity contribution in [1.29, 1.82) is 0 Å². The minimum absolute atomic E-state index is 0.176. The lowest BCUT2D eigenvalue weighted by Crippen LogP contribution is -2.32. The third-order valence-electron chi connectivity index (χ3n) is 5.40. The van der Waals surface area contributed by atoms with Gasteiger partial charge in [-0.3, -0.25) is 14.5 Å². The van der Waals surface area contributed by atoms with E-state index >= 15 is 0 Å². The van der Waals surface area contributed by atoms with Crippen molar-refractivity contribution in [2.24, 2.45) is 0 Å². The van der Waals surface area contributed by atoms with E-state index in [0.29, 0.717) is 40.4 Å². The van der Waals surface area contributed by atoms with Gasteiger partial charge in [-0.1, -0.05) is 41.4 Å². The van der Waals surface area contributed by atoms with Crippen LogP contribution in [0.5, 0.6) is 17.2 Å². The number of halogens is 2. The zero-order valence-electron chi connectivity index (χ0n) is 20.3. The fourth-order valence-electron chi connectivity index (χ4n) is 3.54. The Morgan fingerprint density at radius 2 is 1.73 bits per heavy atom. The second kappa shape index (κ2) is 12.7. The zero-order chi connectivity index (χ0) is 26.4. The van der Waals surface area contributed by atoms with Gasteiger partial charge in [0.05, 0.1) is 21.6 Å². The summed E-state index contributed by atoms with van der Waals surface area (Å²) in [7, 11) is 0. The number of hydrogen-bond acceptors (Lipinski definition) is 6. The first kappa shape index (κ1) is 27.3. The SMILES string of the molecule is CCOc1cc(/C=C2\SC(=O)N(CCOc3ccc(C)cc3)C2=O)cc(I)c1OCc1ccc(Cl)cc1. The molecule has 0 spiro atoms. The molecule has 0 aliphatic carbocycles. The van der Waals surface area contributed by atoms with Gasteiger partial charge in [0.1, 0.15) is 19.0 Å². The van der Waals surface area contributed by atoms with Crippen molar-refractivity contribution in [3.8, 4) is 17.2 Å². The van der Waals surface area contributed by atoms with E-state index in [-0.39, 0.29) is 24.3 Å². The number of carbonyl (C=O) groups is 2. The van der Waals surface area contributed by atoms with Crippen LogP contribution in [0.4, 0.5) is 4.79 Å². The van der Waals surface area contributed by atoms with Crippen LogP contribution in [0.2, 0.25) is 5.02 Å². The maximum atomic E-state index is 12.9. The number of imide groups is 1. The summed E-state index contributed by atoms with van der Waals surface area (Å²) in [5, 5.41) is 0.354. The first-order valence-electron chi connectivity index (χ1n) is 11.6. The molecule has 0 saturated carbocycles. The van der Waals surface area contributed by atoms with Gasteiger partial charge in [0.25, 0.3) is 11.1 Å². The maximum Gasteiger partial charge on any atom is 0.293 e. The Balaban J connectivity index is 1.45. The van der Waals surface area contributed by atoms with E-state index in [9.17, 15) is 9.59 Å². The van der Waals surface area contributed by atoms with Crippen LogP contribution in [0.1, 0.15) is 23.6 Å². The van der Waals surface area contributed by atoms with Crippen molar-refractivity contribution in [3.05, 3.63) is 90.9 Å². The highest BCUT2D eigenvalue weighted by atomic mass is 127. The highest BCUT2D eigenvalue weighted by Crippen LogP contribution is 2.38. The monoisotopic (exact) mass is 649 g/mol. The van der Waals surface area contributed by atoms with E-state index < -0.39 is 0 Å². The summed E-state index contributed by atoms with van der Waals surface area (Å²) in [5.41, 5.74) is 2.85. The summed E-state index contributed by atoms with van der Waals surface area (Å²) in [6.45, 7) is 5.10. The van der Waals surface area contributed by atoms with Gasteiger partial charge >= 0.3 is 0 Å². The Morgan fingerprint density at radius 1 is 1.00 bits per heavy atom. The minimum atomic E-state index is -0.335. The van der Waals surface area contributed by atoms with E-state index in [2.05, 4.69) is 22.6 Å². The molecule has 1 aliphatic heterocycles. The van der Waals surface area contributed by atoms with Crippen molar-refractivity contribution in [3.63, 3.8) is 0 Å². The summed E-state index contributed by atoms with van der Waals surface area (Å²) < 4.78 is 18.4. The summed E-state index contributed by atoms with van der Waals surface area (Å²) in [5.74, 6) is 1.55. The van der Waals surface area contributed by atoms with Crippen LogP contribution in [0.15, 0.2) is 65.6 Å². The molecule has 1 aliphatic rings. The molecule has 0 aromatic heterocycles. The van der Waals surface area contributed by atoms with Gasteiger partial charge in [-0.2, -0.15) is 0 Å². The standard InChI is InChI=1S/C28H25ClINO5S/c1-3-34-24-15-20(14-23(30)26(24)36-17-19-6-8-21(29)9-7-19)16-25-27(32)31(28(33)37-25)12-13-35-22-10-4-18(2)5-11-22/h4-11,14-16H,3,12-13,17H2,1-2H3/b25-16-. The summed E-state index contributed by atoms with van der Waals surface area (Å²) in [6, 6.07) is 18.8. The van der Waals surface area contributed by atoms with Crippen LogP contribution < -0.4 is 14.2 Å². The molecule has 9 heteroatoms. The average Bonchev–Trinajstić information content (AvgIpc) is 3.13. The number of aryl methyl sites for hydroxylation is 1. The molecule has 6 nitrogen and oxygen atoms in total. The lowest BCUT2D eigenvalue weighted by atomic mass is 10.1. The Morgan fingerprint density at radius 3 is 2.43 bits per heavy atom. The highest BCUT2D eigenvalue weighted by molar-refractivity contribution is 14.1. The third-order valence-corrected chi connectivity index (χ3v) is 7.36. The lowest BCUT2D eigenvalue weighted by Gasteiger charge is -2.15. The summed E-state index contributed by atoms with van der Waals surface area (Å²) in [6.07, 6.45) is 1.71. The number of amides is 2. The maximum absolute atomic E-state index is 12.9. The van der Waals surface area contributed by atoms with Gasteiger partial charge in [-0.25, -0.2) is 0 Å². The van der Waals surface area contributed by atoms with Crippen molar-refractivity contribution < 1.29 is 23.8 Å². The predicted molar refractivity (Wildman–Crippen MR) is 155 cm³/mol. The van der Waals surface area contributed by atoms with Crippen LogP contribution in [-0.4, -0.2) is 35.8 Å². The molecule has 0 N–H and O–H groups in total. The first-order chi connectivity index (χ1) is 17.8. The van der Waals surface area contributed by atoms with E-state index in [0.717, 1.165) is 32.0 Å². The van der Waals surface area contributed by atoms with E-state index in [1.807, 2.05) is 74.5 Å². The number of thioether (sulfide) groups is 1. The second-order valence-corrected chi connectivity index (χ2v) is 10.8. The molecule has 37 heavy (non-hydrogen) atoms. The number of carbonyl (C=O) groups excluding carboxylic acids is 2. The molecule has 3 aromatic carbocycles. The quantitative estimate of drug-likeness (QED) is 0.169. The predicted octanol–water partition coefficient (Wildman–Crippen LogP) is 7.35. The van der Waals surface area contributed by atoms with Crippen LogP contribution in [0.25, 0.3) is 6.08 Å². The van der Waals surface area contributed by atoms with Gasteiger partial charge in [-0.15, -0.1) is 0 Å². The number of rotatable bonds is 10. The fraction of sp³-hybridized carbons (Fsp3) is 0.214. The fourth-order valence-corrected chi connectivity index (χ4v) is 5.32. The second-order valence-electron chi connectivity index (χ2n) is 8.17. The van der Waals surface area contributed by atoms with Gasteiger partial charge in [-0.05, 0) is 102 Å². The molecule has 192 valence electrons. The number of ether oxygens (including phenoxy) is 3. The number of benzene rings is 3. The van der Waals surface area contributed by atoms with Crippen LogP contribution >= 0.6 is 46.0 Å². The Kier molecular flexibility index (Phi) is 9.39. The van der Waals surface area contributed by atoms with Crippen LogP contribution in [-0.2, 0) is 11.4 Å². The van der Waals surface area contributed by atoms with Crippen LogP contribution in [0.3, 0.4) is 0 Å². The molecular formula is C28H25ClINO5S. The zero-order valence-corrected chi connectivity index (χ0v) is 24.1. The third kappa shape index (κ3) is 7.21. The molecule has 0 radical (unpaired) electrons. The van der Waals surface area contributed by atoms with E-state index in [1.165, 1.54) is 4.90 Å². The smallest absolute Gasteiger partial charge is 0.293 e. The molecule has 2 amide bonds. The first-order valence-corrected chi connectivity index (χ1v) is 13.9.